The van der Waals surface area contributed by atoms with Crippen LogP contribution in [0.4, 0.5) is 0 Å². The van der Waals surface area contributed by atoms with Crippen molar-refractivity contribution in [2.75, 3.05) is 32.8 Å². The van der Waals surface area contributed by atoms with Crippen LogP contribution in [0.2, 0.25) is 0 Å². The van der Waals surface area contributed by atoms with Gasteiger partial charge in [-0.25, -0.2) is 0 Å². The summed E-state index contributed by atoms with van der Waals surface area (Å²) in [6.45, 7) is 7.32. The van der Waals surface area contributed by atoms with Gasteiger partial charge in [-0.3, -0.25) is 4.90 Å². The molecule has 3 heteroatoms. The molecule has 0 bridgehead atoms. The molecule has 1 saturated heterocycles. The van der Waals surface area contributed by atoms with E-state index in [4.69, 9.17) is 10.5 Å². The zero-order valence-electron chi connectivity index (χ0n) is 9.87. The van der Waals surface area contributed by atoms with Crippen molar-refractivity contribution in [2.45, 2.75) is 38.6 Å². The Balaban J connectivity index is 1.86. The summed E-state index contributed by atoms with van der Waals surface area (Å²) >= 11 is 0. The average Bonchev–Trinajstić information content (AvgIpc) is 2.99. The number of morpholine rings is 1. The Morgan fingerprint density at radius 3 is 2.87 bits per heavy atom. The van der Waals surface area contributed by atoms with Crippen molar-refractivity contribution in [1.29, 1.82) is 0 Å². The summed E-state index contributed by atoms with van der Waals surface area (Å²) in [6, 6.07) is 0.647. The Bertz CT molecular complexity index is 204. The molecule has 0 aromatic rings. The van der Waals surface area contributed by atoms with Crippen LogP contribution < -0.4 is 5.73 Å². The van der Waals surface area contributed by atoms with Gasteiger partial charge in [0.1, 0.15) is 0 Å². The number of ether oxygens (including phenoxy) is 1. The van der Waals surface area contributed by atoms with Crippen LogP contribution in [-0.2, 0) is 4.74 Å². The molecule has 0 radical (unpaired) electrons. The fourth-order valence-electron chi connectivity index (χ4n) is 2.67. The minimum Gasteiger partial charge on any atom is -0.378 e. The van der Waals surface area contributed by atoms with Gasteiger partial charge in [0, 0.05) is 19.1 Å². The second-order valence-corrected chi connectivity index (χ2v) is 5.15. The van der Waals surface area contributed by atoms with Crippen LogP contribution in [0.15, 0.2) is 0 Å². The molecule has 1 unspecified atom stereocenters. The molecule has 15 heavy (non-hydrogen) atoms. The van der Waals surface area contributed by atoms with Gasteiger partial charge in [0.25, 0.3) is 0 Å². The molecule has 88 valence electrons. The first-order valence-corrected chi connectivity index (χ1v) is 6.31. The lowest BCUT2D eigenvalue weighted by atomic mass is 10.00. The summed E-state index contributed by atoms with van der Waals surface area (Å²) in [5, 5.41) is 0. The number of rotatable bonds is 5. The smallest absolute Gasteiger partial charge is 0.0622 e. The summed E-state index contributed by atoms with van der Waals surface area (Å²) in [6.07, 6.45) is 5.19. The summed E-state index contributed by atoms with van der Waals surface area (Å²) in [5.41, 5.74) is 6.27. The highest BCUT2D eigenvalue weighted by Gasteiger charge is 2.44. The van der Waals surface area contributed by atoms with Crippen molar-refractivity contribution < 1.29 is 4.74 Å². The van der Waals surface area contributed by atoms with E-state index in [2.05, 4.69) is 11.8 Å². The van der Waals surface area contributed by atoms with Crippen LogP contribution in [0.1, 0.15) is 32.6 Å². The molecule has 1 aliphatic heterocycles. The third-order valence-electron chi connectivity index (χ3n) is 3.99. The number of nitrogens with two attached hydrogens (primary N) is 1. The third kappa shape index (κ3) is 2.71. The average molecular weight is 212 g/mol. The van der Waals surface area contributed by atoms with Crippen molar-refractivity contribution in [3.05, 3.63) is 0 Å². The molecule has 1 atom stereocenters. The van der Waals surface area contributed by atoms with Crippen LogP contribution in [0, 0.1) is 5.41 Å². The van der Waals surface area contributed by atoms with Crippen LogP contribution in [-0.4, -0.2) is 43.8 Å². The fraction of sp³-hybridized carbons (Fsp3) is 1.00. The zero-order valence-corrected chi connectivity index (χ0v) is 9.87. The molecular formula is C12H24N2O. The Labute approximate surface area is 93.0 Å². The minimum atomic E-state index is 0.583. The van der Waals surface area contributed by atoms with Crippen molar-refractivity contribution in [2.24, 2.45) is 11.1 Å². The lowest BCUT2D eigenvalue weighted by Crippen LogP contribution is -2.47. The van der Waals surface area contributed by atoms with Gasteiger partial charge < -0.3 is 10.5 Å². The molecule has 0 amide bonds. The molecule has 0 aromatic carbocycles. The second kappa shape index (κ2) is 4.81. The highest BCUT2D eigenvalue weighted by atomic mass is 16.5. The lowest BCUT2D eigenvalue weighted by molar-refractivity contribution is -0.0180. The van der Waals surface area contributed by atoms with E-state index in [1.807, 2.05) is 0 Å². The predicted molar refractivity (Wildman–Crippen MR) is 61.8 cm³/mol. The SMILES string of the molecule is CCC1COCCN1CC1(CCN)CC1. The van der Waals surface area contributed by atoms with Gasteiger partial charge in [-0.05, 0) is 37.6 Å². The molecule has 0 aromatic heterocycles. The maximum atomic E-state index is 5.68. The zero-order chi connectivity index (χ0) is 10.7. The number of hydrogen-bond acceptors (Lipinski definition) is 3. The van der Waals surface area contributed by atoms with Gasteiger partial charge in [-0.15, -0.1) is 0 Å². The largest absolute Gasteiger partial charge is 0.378 e. The highest BCUT2D eigenvalue weighted by molar-refractivity contribution is 4.96. The Morgan fingerprint density at radius 1 is 1.47 bits per heavy atom. The molecule has 2 aliphatic rings. The van der Waals surface area contributed by atoms with E-state index >= 15 is 0 Å². The van der Waals surface area contributed by atoms with E-state index in [1.54, 1.807) is 0 Å². The van der Waals surface area contributed by atoms with Gasteiger partial charge in [0.05, 0.1) is 13.2 Å². The van der Waals surface area contributed by atoms with E-state index in [9.17, 15) is 0 Å². The van der Waals surface area contributed by atoms with E-state index in [-0.39, 0.29) is 0 Å². The monoisotopic (exact) mass is 212 g/mol. The molecule has 1 heterocycles. The van der Waals surface area contributed by atoms with Crippen LogP contribution in [0.5, 0.6) is 0 Å². The summed E-state index contributed by atoms with van der Waals surface area (Å²) in [5.74, 6) is 0. The standard InChI is InChI=1S/C12H24N2O/c1-2-11-9-15-8-7-14(11)10-12(3-4-12)5-6-13/h11H,2-10,13H2,1H3. The van der Waals surface area contributed by atoms with Crippen LogP contribution in [0.3, 0.4) is 0 Å². The van der Waals surface area contributed by atoms with Gasteiger partial charge >= 0.3 is 0 Å². The first kappa shape index (κ1) is 11.4. The second-order valence-electron chi connectivity index (χ2n) is 5.15. The van der Waals surface area contributed by atoms with Gasteiger partial charge in [-0.2, -0.15) is 0 Å². The quantitative estimate of drug-likeness (QED) is 0.745. The van der Waals surface area contributed by atoms with E-state index in [0.717, 1.165) is 26.3 Å². The predicted octanol–water partition coefficient (Wildman–Crippen LogP) is 1.23. The topological polar surface area (TPSA) is 38.5 Å². The van der Waals surface area contributed by atoms with Gasteiger partial charge in [-0.1, -0.05) is 6.92 Å². The first-order valence-electron chi connectivity index (χ1n) is 6.31. The molecule has 2 fully saturated rings. The third-order valence-corrected chi connectivity index (χ3v) is 3.99. The Morgan fingerprint density at radius 2 is 2.27 bits per heavy atom. The molecule has 2 N–H and O–H groups in total. The van der Waals surface area contributed by atoms with E-state index < -0.39 is 0 Å². The van der Waals surface area contributed by atoms with Crippen molar-refractivity contribution >= 4 is 0 Å². The molecule has 2 rings (SSSR count). The summed E-state index contributed by atoms with van der Waals surface area (Å²) in [4.78, 5) is 2.63. The van der Waals surface area contributed by atoms with Crippen molar-refractivity contribution in [3.63, 3.8) is 0 Å². The first-order chi connectivity index (χ1) is 7.29. The van der Waals surface area contributed by atoms with Gasteiger partial charge in [0.15, 0.2) is 0 Å². The van der Waals surface area contributed by atoms with Crippen LogP contribution in [0.25, 0.3) is 0 Å². The van der Waals surface area contributed by atoms with E-state index in [1.165, 1.54) is 32.2 Å². The normalized spacial score (nSPS) is 30.4. The van der Waals surface area contributed by atoms with Crippen molar-refractivity contribution in [1.82, 2.24) is 4.90 Å². The molecule has 0 spiro atoms. The molecule has 1 aliphatic carbocycles. The maximum absolute atomic E-state index is 5.68. The Kier molecular flexibility index (Phi) is 3.65. The molecule has 3 nitrogen and oxygen atoms in total. The Hall–Kier alpha value is -0.120. The van der Waals surface area contributed by atoms with E-state index in [0.29, 0.717) is 11.5 Å². The maximum Gasteiger partial charge on any atom is 0.0622 e. The highest BCUT2D eigenvalue weighted by Crippen LogP contribution is 2.49. The minimum absolute atomic E-state index is 0.583. The fourth-order valence-corrected chi connectivity index (χ4v) is 2.67. The summed E-state index contributed by atoms with van der Waals surface area (Å²) < 4.78 is 5.53. The van der Waals surface area contributed by atoms with Gasteiger partial charge in [0.2, 0.25) is 0 Å². The lowest BCUT2D eigenvalue weighted by Gasteiger charge is -2.37. The molecular weight excluding hydrogens is 188 g/mol. The van der Waals surface area contributed by atoms with Crippen LogP contribution >= 0.6 is 0 Å². The van der Waals surface area contributed by atoms with Crippen molar-refractivity contribution in [3.8, 4) is 0 Å². The number of nitrogens with zero attached hydrogens (tertiary/aromatic N) is 1. The summed E-state index contributed by atoms with van der Waals surface area (Å²) in [7, 11) is 0. The number of hydrogen-bond donors (Lipinski definition) is 1. The molecule has 1 saturated carbocycles.